The zero-order valence-corrected chi connectivity index (χ0v) is 9.49. The van der Waals surface area contributed by atoms with Crippen LogP contribution in [0.1, 0.15) is 18.9 Å². The number of hydrogen-bond acceptors (Lipinski definition) is 2. The van der Waals surface area contributed by atoms with Crippen LogP contribution >= 0.6 is 0 Å². The Balaban J connectivity index is 2.06. The Bertz CT molecular complexity index is 312. The quantitative estimate of drug-likeness (QED) is 0.815. The maximum absolute atomic E-state index is 5.62. The molecule has 0 aliphatic carbocycles. The van der Waals surface area contributed by atoms with Crippen LogP contribution in [0.5, 0.6) is 0 Å². The van der Waals surface area contributed by atoms with Gasteiger partial charge in [-0.3, -0.25) is 0 Å². The Labute approximate surface area is 91.6 Å². The van der Waals surface area contributed by atoms with E-state index in [2.05, 4.69) is 42.6 Å². The second kappa shape index (κ2) is 4.33. The summed E-state index contributed by atoms with van der Waals surface area (Å²) < 4.78 is 5.62. The van der Waals surface area contributed by atoms with Gasteiger partial charge in [-0.15, -0.1) is 0 Å². The third-order valence-corrected chi connectivity index (χ3v) is 3.50. The summed E-state index contributed by atoms with van der Waals surface area (Å²) >= 11 is 0. The number of benzene rings is 1. The topological polar surface area (TPSA) is 21.3 Å². The van der Waals surface area contributed by atoms with E-state index in [-0.39, 0.29) is 5.60 Å². The second-order valence-electron chi connectivity index (χ2n) is 4.46. The van der Waals surface area contributed by atoms with Crippen LogP contribution in [-0.2, 0) is 11.2 Å². The summed E-state index contributed by atoms with van der Waals surface area (Å²) in [5.74, 6) is 0. The highest BCUT2D eigenvalue weighted by atomic mass is 16.5. The van der Waals surface area contributed by atoms with E-state index in [4.69, 9.17) is 4.74 Å². The van der Waals surface area contributed by atoms with Gasteiger partial charge in [-0.1, -0.05) is 30.3 Å². The van der Waals surface area contributed by atoms with Gasteiger partial charge in [0.25, 0.3) is 0 Å². The van der Waals surface area contributed by atoms with Crippen molar-refractivity contribution < 1.29 is 4.74 Å². The Morgan fingerprint density at radius 3 is 2.80 bits per heavy atom. The molecule has 0 saturated carbocycles. The number of nitrogens with one attached hydrogen (secondary N) is 1. The molecular formula is C13H19NO. The van der Waals surface area contributed by atoms with Crippen molar-refractivity contribution in [1.29, 1.82) is 0 Å². The van der Waals surface area contributed by atoms with E-state index in [0.717, 1.165) is 19.4 Å². The van der Waals surface area contributed by atoms with Crippen molar-refractivity contribution in [2.24, 2.45) is 0 Å². The lowest BCUT2D eigenvalue weighted by molar-refractivity contribution is -0.00364. The number of ether oxygens (including phenoxy) is 1. The summed E-state index contributed by atoms with van der Waals surface area (Å²) in [6.07, 6.45) is 2.15. The monoisotopic (exact) mass is 205 g/mol. The van der Waals surface area contributed by atoms with Gasteiger partial charge in [-0.2, -0.15) is 0 Å². The van der Waals surface area contributed by atoms with Crippen LogP contribution in [0.4, 0.5) is 0 Å². The minimum Gasteiger partial charge on any atom is -0.377 e. The molecule has 0 amide bonds. The van der Waals surface area contributed by atoms with Crippen LogP contribution in [-0.4, -0.2) is 25.3 Å². The van der Waals surface area contributed by atoms with E-state index in [1.165, 1.54) is 5.56 Å². The van der Waals surface area contributed by atoms with E-state index in [1.54, 1.807) is 0 Å². The predicted octanol–water partition coefficient (Wildman–Crippen LogP) is 2.00. The average Bonchev–Trinajstić information content (AvgIpc) is 2.63. The molecule has 1 saturated heterocycles. The molecule has 2 heteroatoms. The molecule has 82 valence electrons. The highest BCUT2D eigenvalue weighted by molar-refractivity contribution is 5.17. The van der Waals surface area contributed by atoms with E-state index < -0.39 is 0 Å². The number of rotatable bonds is 3. The van der Waals surface area contributed by atoms with E-state index >= 15 is 0 Å². The highest BCUT2D eigenvalue weighted by Crippen LogP contribution is 2.26. The van der Waals surface area contributed by atoms with Crippen molar-refractivity contribution in [3.05, 3.63) is 35.9 Å². The van der Waals surface area contributed by atoms with Gasteiger partial charge in [0.15, 0.2) is 0 Å². The molecule has 2 nitrogen and oxygen atoms in total. The summed E-state index contributed by atoms with van der Waals surface area (Å²) in [5, 5.41) is 3.52. The fourth-order valence-electron chi connectivity index (χ4n) is 2.27. The molecule has 1 N–H and O–H groups in total. The fraction of sp³-hybridized carbons (Fsp3) is 0.538. The first-order valence-corrected chi connectivity index (χ1v) is 5.57. The normalized spacial score (nSPS) is 30.7. The molecule has 0 spiro atoms. The standard InChI is InChI=1S/C13H19NO/c1-13(15-2)8-9-14-12(13)10-11-6-4-3-5-7-11/h3-7,12,14H,8-10H2,1-2H3/t12?,13-/m0/s1. The summed E-state index contributed by atoms with van der Waals surface area (Å²) in [5.41, 5.74) is 1.37. The molecule has 15 heavy (non-hydrogen) atoms. The molecule has 2 rings (SSSR count). The molecule has 1 heterocycles. The minimum absolute atomic E-state index is 0.00413. The van der Waals surface area contributed by atoms with Crippen molar-refractivity contribution in [1.82, 2.24) is 5.32 Å². The van der Waals surface area contributed by atoms with Crippen molar-refractivity contribution in [2.45, 2.75) is 31.4 Å². The first-order chi connectivity index (χ1) is 7.24. The van der Waals surface area contributed by atoms with Crippen LogP contribution < -0.4 is 5.32 Å². The Hall–Kier alpha value is -0.860. The number of methoxy groups -OCH3 is 1. The lowest BCUT2D eigenvalue weighted by atomic mass is 9.92. The van der Waals surface area contributed by atoms with Crippen LogP contribution in [0.2, 0.25) is 0 Å². The molecule has 2 atom stereocenters. The minimum atomic E-state index is -0.00413. The van der Waals surface area contributed by atoms with Gasteiger partial charge in [0.05, 0.1) is 5.60 Å². The smallest absolute Gasteiger partial charge is 0.0818 e. The lowest BCUT2D eigenvalue weighted by Gasteiger charge is -2.29. The van der Waals surface area contributed by atoms with Crippen molar-refractivity contribution in [3.8, 4) is 0 Å². The van der Waals surface area contributed by atoms with Gasteiger partial charge in [-0.05, 0) is 31.9 Å². The van der Waals surface area contributed by atoms with Gasteiger partial charge in [0, 0.05) is 13.2 Å². The van der Waals surface area contributed by atoms with E-state index in [9.17, 15) is 0 Å². The van der Waals surface area contributed by atoms with Gasteiger partial charge < -0.3 is 10.1 Å². The van der Waals surface area contributed by atoms with E-state index in [0.29, 0.717) is 6.04 Å². The number of hydrogen-bond donors (Lipinski definition) is 1. The molecule has 0 aromatic heterocycles. The third kappa shape index (κ3) is 2.21. The zero-order chi connectivity index (χ0) is 10.7. The summed E-state index contributed by atoms with van der Waals surface area (Å²) in [6.45, 7) is 3.25. The molecule has 1 aromatic carbocycles. The maximum Gasteiger partial charge on any atom is 0.0818 e. The SMILES string of the molecule is CO[C@@]1(C)CCNC1Cc1ccccc1. The van der Waals surface area contributed by atoms with Crippen LogP contribution in [0.3, 0.4) is 0 Å². The Kier molecular flexibility index (Phi) is 3.08. The van der Waals surface area contributed by atoms with Crippen LogP contribution in [0, 0.1) is 0 Å². The molecule has 1 unspecified atom stereocenters. The molecule has 0 bridgehead atoms. The van der Waals surface area contributed by atoms with Gasteiger partial charge in [-0.25, -0.2) is 0 Å². The summed E-state index contributed by atoms with van der Waals surface area (Å²) in [4.78, 5) is 0. The molecule has 0 radical (unpaired) electrons. The van der Waals surface area contributed by atoms with E-state index in [1.807, 2.05) is 7.11 Å². The summed E-state index contributed by atoms with van der Waals surface area (Å²) in [6, 6.07) is 11.0. The third-order valence-electron chi connectivity index (χ3n) is 3.50. The Morgan fingerprint density at radius 1 is 1.40 bits per heavy atom. The molecule has 1 aromatic rings. The molecule has 1 aliphatic rings. The molecule has 1 fully saturated rings. The zero-order valence-electron chi connectivity index (χ0n) is 9.49. The highest BCUT2D eigenvalue weighted by Gasteiger charge is 2.38. The molecule has 1 aliphatic heterocycles. The van der Waals surface area contributed by atoms with Gasteiger partial charge >= 0.3 is 0 Å². The van der Waals surface area contributed by atoms with Crippen molar-refractivity contribution in [2.75, 3.05) is 13.7 Å². The predicted molar refractivity (Wildman–Crippen MR) is 62.0 cm³/mol. The maximum atomic E-state index is 5.62. The first-order valence-electron chi connectivity index (χ1n) is 5.57. The van der Waals surface area contributed by atoms with Crippen molar-refractivity contribution in [3.63, 3.8) is 0 Å². The first kappa shape index (κ1) is 10.7. The van der Waals surface area contributed by atoms with Crippen molar-refractivity contribution >= 4 is 0 Å². The second-order valence-corrected chi connectivity index (χ2v) is 4.46. The lowest BCUT2D eigenvalue weighted by Crippen LogP contribution is -2.43. The van der Waals surface area contributed by atoms with Crippen LogP contribution in [0.15, 0.2) is 30.3 Å². The fourth-order valence-corrected chi connectivity index (χ4v) is 2.27. The Morgan fingerprint density at radius 2 is 2.13 bits per heavy atom. The largest absolute Gasteiger partial charge is 0.377 e. The van der Waals surface area contributed by atoms with Crippen LogP contribution in [0.25, 0.3) is 0 Å². The molecular weight excluding hydrogens is 186 g/mol. The summed E-state index contributed by atoms with van der Waals surface area (Å²) in [7, 11) is 1.81. The van der Waals surface area contributed by atoms with Gasteiger partial charge in [0.2, 0.25) is 0 Å². The van der Waals surface area contributed by atoms with Gasteiger partial charge in [0.1, 0.15) is 0 Å². The average molecular weight is 205 g/mol.